The number of carbonyl (C=O) groups is 2. The molecule has 1 aromatic rings. The molecular weight excluding hydrogens is 323 g/mol. The molecule has 4 rings (SSSR count). The molecule has 3 atom stereocenters. The van der Waals surface area contributed by atoms with Gasteiger partial charge in [-0.2, -0.15) is 0 Å². The number of anilines is 1. The van der Waals surface area contributed by atoms with E-state index < -0.39 is 11.7 Å². The van der Waals surface area contributed by atoms with E-state index in [9.17, 15) is 14.0 Å². The van der Waals surface area contributed by atoms with Crippen LogP contribution in [0.15, 0.2) is 18.2 Å². The van der Waals surface area contributed by atoms with Gasteiger partial charge in [-0.15, -0.1) is 0 Å². The van der Waals surface area contributed by atoms with Gasteiger partial charge in [-0.05, 0) is 49.4 Å². The van der Waals surface area contributed by atoms with Crippen LogP contribution in [-0.2, 0) is 0 Å². The van der Waals surface area contributed by atoms with Crippen molar-refractivity contribution < 1.29 is 14.0 Å². The Labute approximate surface area is 146 Å². The number of benzene rings is 1. The Balaban J connectivity index is 1.40. The molecule has 134 valence electrons. The highest BCUT2D eigenvalue weighted by molar-refractivity contribution is 5.94. The molecule has 0 saturated carbocycles. The third-order valence-electron chi connectivity index (χ3n) is 5.89. The van der Waals surface area contributed by atoms with Crippen molar-refractivity contribution in [2.24, 2.45) is 17.6 Å². The standard InChI is InChI=1S/C18H23FN4O2/c19-15-7-12(4-5-13(15)17(20)24)21-18(25)23-9-11-8-22-6-2-1-3-16(22)14(11)10-23/h4-5,7,11,14,16H,1-3,6,8-10H2,(H2,20,24)(H,21,25)/t11-,14-,16-/m0/s1. The summed E-state index contributed by atoms with van der Waals surface area (Å²) in [7, 11) is 0. The molecule has 3 aliphatic rings. The van der Waals surface area contributed by atoms with Gasteiger partial charge in [0, 0.05) is 31.4 Å². The predicted octanol–water partition coefficient (Wildman–Crippen LogP) is 1.87. The van der Waals surface area contributed by atoms with Gasteiger partial charge in [0.25, 0.3) is 5.91 Å². The van der Waals surface area contributed by atoms with Crippen molar-refractivity contribution in [2.45, 2.75) is 25.3 Å². The maximum absolute atomic E-state index is 13.8. The van der Waals surface area contributed by atoms with Gasteiger partial charge in [-0.3, -0.25) is 9.69 Å². The fraction of sp³-hybridized carbons (Fsp3) is 0.556. The normalized spacial score (nSPS) is 28.5. The minimum Gasteiger partial charge on any atom is -0.366 e. The van der Waals surface area contributed by atoms with Crippen molar-refractivity contribution in [3.63, 3.8) is 0 Å². The average Bonchev–Trinajstić information content (AvgIpc) is 3.12. The number of amides is 3. The van der Waals surface area contributed by atoms with Crippen LogP contribution in [-0.4, -0.2) is 54.0 Å². The first-order chi connectivity index (χ1) is 12.0. The monoisotopic (exact) mass is 346 g/mol. The quantitative estimate of drug-likeness (QED) is 0.858. The van der Waals surface area contributed by atoms with Crippen LogP contribution < -0.4 is 11.1 Å². The van der Waals surface area contributed by atoms with Gasteiger partial charge in [0.05, 0.1) is 5.56 Å². The number of likely N-dealkylation sites (tertiary alicyclic amines) is 1. The summed E-state index contributed by atoms with van der Waals surface area (Å²) in [5, 5.41) is 2.73. The molecule has 3 heterocycles. The van der Waals surface area contributed by atoms with Crippen molar-refractivity contribution in [2.75, 3.05) is 31.5 Å². The van der Waals surface area contributed by atoms with Crippen LogP contribution >= 0.6 is 0 Å². The molecule has 0 aromatic heterocycles. The Morgan fingerprint density at radius 3 is 2.80 bits per heavy atom. The van der Waals surface area contributed by atoms with E-state index in [0.29, 0.717) is 23.6 Å². The van der Waals surface area contributed by atoms with Gasteiger partial charge in [0.2, 0.25) is 0 Å². The van der Waals surface area contributed by atoms with E-state index in [1.54, 1.807) is 0 Å². The lowest BCUT2D eigenvalue weighted by atomic mass is 9.90. The van der Waals surface area contributed by atoms with E-state index >= 15 is 0 Å². The predicted molar refractivity (Wildman–Crippen MR) is 91.7 cm³/mol. The molecule has 3 N–H and O–H groups in total. The molecule has 7 heteroatoms. The summed E-state index contributed by atoms with van der Waals surface area (Å²) in [4.78, 5) is 28.0. The Hall–Kier alpha value is -2.15. The van der Waals surface area contributed by atoms with E-state index in [2.05, 4.69) is 10.2 Å². The lowest BCUT2D eigenvalue weighted by Crippen LogP contribution is -2.41. The number of urea groups is 1. The number of nitrogens with two attached hydrogens (primary N) is 1. The van der Waals surface area contributed by atoms with E-state index in [0.717, 1.165) is 25.7 Å². The first-order valence-electron chi connectivity index (χ1n) is 8.92. The molecule has 3 amide bonds. The summed E-state index contributed by atoms with van der Waals surface area (Å²) in [5.41, 5.74) is 5.25. The Morgan fingerprint density at radius 2 is 2.04 bits per heavy atom. The number of piperidine rings is 1. The van der Waals surface area contributed by atoms with Crippen molar-refractivity contribution in [3.8, 4) is 0 Å². The van der Waals surface area contributed by atoms with E-state index in [4.69, 9.17) is 5.73 Å². The second-order valence-corrected chi connectivity index (χ2v) is 7.38. The van der Waals surface area contributed by atoms with Crippen molar-refractivity contribution in [1.82, 2.24) is 9.80 Å². The Kier molecular flexibility index (Phi) is 4.11. The molecule has 0 unspecified atom stereocenters. The molecule has 0 aliphatic carbocycles. The summed E-state index contributed by atoms with van der Waals surface area (Å²) in [6.45, 7) is 3.79. The summed E-state index contributed by atoms with van der Waals surface area (Å²) in [6, 6.07) is 4.34. The maximum atomic E-state index is 13.8. The lowest BCUT2D eigenvalue weighted by Gasteiger charge is -2.33. The maximum Gasteiger partial charge on any atom is 0.321 e. The topological polar surface area (TPSA) is 78.7 Å². The molecule has 0 spiro atoms. The van der Waals surface area contributed by atoms with Gasteiger partial charge >= 0.3 is 6.03 Å². The Bertz CT molecular complexity index is 710. The smallest absolute Gasteiger partial charge is 0.321 e. The van der Waals surface area contributed by atoms with Crippen LogP contribution in [0.4, 0.5) is 14.9 Å². The van der Waals surface area contributed by atoms with E-state index in [-0.39, 0.29) is 11.6 Å². The largest absolute Gasteiger partial charge is 0.366 e. The van der Waals surface area contributed by atoms with Gasteiger partial charge < -0.3 is 16.0 Å². The zero-order chi connectivity index (χ0) is 17.6. The number of nitrogens with zero attached hydrogens (tertiary/aromatic N) is 2. The van der Waals surface area contributed by atoms with Crippen molar-refractivity contribution in [3.05, 3.63) is 29.6 Å². The first kappa shape index (κ1) is 16.3. The van der Waals surface area contributed by atoms with Crippen LogP contribution in [0.5, 0.6) is 0 Å². The van der Waals surface area contributed by atoms with Gasteiger partial charge in [0.1, 0.15) is 5.82 Å². The number of primary amides is 1. The van der Waals surface area contributed by atoms with Crippen LogP contribution in [0.2, 0.25) is 0 Å². The van der Waals surface area contributed by atoms with Gasteiger partial charge in [0.15, 0.2) is 0 Å². The van der Waals surface area contributed by atoms with Crippen LogP contribution in [0.3, 0.4) is 0 Å². The molecule has 0 bridgehead atoms. The summed E-state index contributed by atoms with van der Waals surface area (Å²) >= 11 is 0. The second kappa shape index (κ2) is 6.29. The summed E-state index contributed by atoms with van der Waals surface area (Å²) in [5.74, 6) is -0.441. The average molecular weight is 346 g/mol. The second-order valence-electron chi connectivity index (χ2n) is 7.38. The van der Waals surface area contributed by atoms with Crippen molar-refractivity contribution in [1.29, 1.82) is 0 Å². The van der Waals surface area contributed by atoms with Crippen molar-refractivity contribution >= 4 is 17.6 Å². The number of nitrogens with one attached hydrogen (secondary N) is 1. The number of halogens is 1. The first-order valence-corrected chi connectivity index (χ1v) is 8.92. The number of fused-ring (bicyclic) bond motifs is 3. The lowest BCUT2D eigenvalue weighted by molar-refractivity contribution is 0.0996. The molecule has 25 heavy (non-hydrogen) atoms. The molecular formula is C18H23FN4O2. The number of rotatable bonds is 2. The third kappa shape index (κ3) is 2.97. The van der Waals surface area contributed by atoms with Gasteiger partial charge in [-0.25, -0.2) is 9.18 Å². The third-order valence-corrected chi connectivity index (χ3v) is 5.89. The summed E-state index contributed by atoms with van der Waals surface area (Å²) in [6.07, 6.45) is 3.80. The number of hydrogen-bond donors (Lipinski definition) is 2. The number of hydrogen-bond acceptors (Lipinski definition) is 3. The fourth-order valence-electron chi connectivity index (χ4n) is 4.72. The summed E-state index contributed by atoms with van der Waals surface area (Å²) < 4.78 is 13.8. The molecule has 3 aliphatic heterocycles. The highest BCUT2D eigenvalue weighted by atomic mass is 19.1. The molecule has 3 fully saturated rings. The zero-order valence-electron chi connectivity index (χ0n) is 14.1. The molecule has 3 saturated heterocycles. The molecule has 6 nitrogen and oxygen atoms in total. The zero-order valence-corrected chi connectivity index (χ0v) is 14.1. The minimum atomic E-state index is -0.820. The van der Waals surface area contributed by atoms with E-state index in [1.165, 1.54) is 37.9 Å². The highest BCUT2D eigenvalue weighted by Gasteiger charge is 2.48. The SMILES string of the molecule is NC(=O)c1ccc(NC(=O)N2C[C@@H]3CN4CCCC[C@H]4[C@H]3C2)cc1F. The fourth-order valence-corrected chi connectivity index (χ4v) is 4.72. The highest BCUT2D eigenvalue weighted by Crippen LogP contribution is 2.40. The van der Waals surface area contributed by atoms with Crippen LogP contribution in [0.25, 0.3) is 0 Å². The van der Waals surface area contributed by atoms with Gasteiger partial charge in [-0.1, -0.05) is 6.42 Å². The van der Waals surface area contributed by atoms with Crippen LogP contribution in [0.1, 0.15) is 29.6 Å². The molecule has 0 radical (unpaired) electrons. The molecule has 1 aromatic carbocycles. The Morgan fingerprint density at radius 1 is 1.20 bits per heavy atom. The minimum absolute atomic E-state index is 0.175. The van der Waals surface area contributed by atoms with E-state index in [1.807, 2.05) is 4.90 Å². The van der Waals surface area contributed by atoms with Crippen LogP contribution in [0, 0.1) is 17.7 Å². The number of carbonyl (C=O) groups excluding carboxylic acids is 2.